The number of aliphatic imine (C=N–C) groups is 1. The number of aryl methyl sites for hydroxylation is 5. The van der Waals surface area contributed by atoms with Crippen LogP contribution < -0.4 is 4.90 Å². The molecule has 0 amide bonds. The Bertz CT molecular complexity index is 2530. The van der Waals surface area contributed by atoms with E-state index in [2.05, 4.69) is 156 Å². The van der Waals surface area contributed by atoms with Crippen molar-refractivity contribution in [2.45, 2.75) is 134 Å². The normalized spacial score (nSPS) is 21.9. The molecule has 0 saturated heterocycles. The molecule has 0 bridgehead atoms. The van der Waals surface area contributed by atoms with Crippen LogP contribution in [0.2, 0.25) is 0 Å². The second kappa shape index (κ2) is 13.1. The number of aromatic nitrogens is 1. The molecule has 2 aliphatic heterocycles. The topological polar surface area (TPSA) is 54.8 Å². The molecule has 1 aliphatic carbocycles. The van der Waals surface area contributed by atoms with Crippen LogP contribution in [0.3, 0.4) is 0 Å². The van der Waals surface area contributed by atoms with E-state index in [-0.39, 0.29) is 37.3 Å². The Morgan fingerprint density at radius 2 is 1.46 bits per heavy atom. The van der Waals surface area contributed by atoms with Crippen LogP contribution in [0.4, 0.5) is 17.2 Å². The van der Waals surface area contributed by atoms with Gasteiger partial charge in [-0.25, -0.2) is 4.98 Å². The van der Waals surface area contributed by atoms with E-state index in [0.29, 0.717) is 15.7 Å². The molecule has 7 heteroatoms. The van der Waals surface area contributed by atoms with Crippen molar-refractivity contribution >= 4 is 33.9 Å². The second-order valence-corrected chi connectivity index (χ2v) is 20.0. The predicted molar refractivity (Wildman–Crippen MR) is 225 cm³/mol. The number of nitrogens with zero attached hydrogens (tertiary/aromatic N) is 3. The Morgan fingerprint density at radius 1 is 0.768 bits per heavy atom. The summed E-state index contributed by atoms with van der Waals surface area (Å²) in [4.78, 5) is 13.7. The molecule has 56 heavy (non-hydrogen) atoms. The van der Waals surface area contributed by atoms with Gasteiger partial charge in [-0.3, -0.25) is 9.20 Å². The summed E-state index contributed by atoms with van der Waals surface area (Å²) >= 11 is 0. The molecule has 0 saturated carbocycles. The van der Waals surface area contributed by atoms with Gasteiger partial charge in [-0.05, 0) is 78.0 Å². The van der Waals surface area contributed by atoms with E-state index in [1.165, 1.54) is 33.4 Å². The van der Waals surface area contributed by atoms with Crippen LogP contribution >= 0.6 is 0 Å². The second-order valence-electron chi connectivity index (χ2n) is 18.6. The quantitative estimate of drug-likeness (QED) is 0.169. The zero-order valence-corrected chi connectivity index (χ0v) is 38.3. The average Bonchev–Trinajstić information content (AvgIpc) is 3.44. The van der Waals surface area contributed by atoms with E-state index in [1.54, 1.807) is 0 Å². The van der Waals surface area contributed by atoms with Gasteiger partial charge in [0, 0.05) is 39.1 Å². The minimum atomic E-state index is -1.60. The number of rotatable bonds is 4. The van der Waals surface area contributed by atoms with E-state index >= 15 is 0 Å². The average molecular weight is 943 g/mol. The third-order valence-electron chi connectivity index (χ3n) is 13.1. The van der Waals surface area contributed by atoms with E-state index in [1.807, 2.05) is 25.3 Å². The SMILES string of the molecule is Cc1cc(N2c3ccc(C(C)(C)C)cc3C(C)(C)c3cccnc32)[c-]c(S(=O)c2[c-]c(C3=N[C@]4(C)c5cc(C)cc(C)c5C(C)(C)[C@]4(C)O3)c(C)cc2C)c1.[Pt+2]. The van der Waals surface area contributed by atoms with Gasteiger partial charge >= 0.3 is 21.1 Å². The van der Waals surface area contributed by atoms with Gasteiger partial charge in [0.15, 0.2) is 0 Å². The molecule has 292 valence electrons. The van der Waals surface area contributed by atoms with E-state index in [4.69, 9.17) is 14.7 Å². The number of fused-ring (bicyclic) bond motifs is 5. The fraction of sp³-hybridized carbons (Fsp3) is 0.388. The van der Waals surface area contributed by atoms with Gasteiger partial charge in [-0.2, -0.15) is 11.6 Å². The molecule has 0 N–H and O–H groups in total. The standard InChI is InChI=1S/C49H53N3O2S.Pt/c1-28-20-32(5)42-39(23-28)48(13)49(14,47(42,11)12)54-44(51-48)36-27-41(31(4)24-30(36)3)55(53)35-22-29(2)21-34(26-35)52-40-18-17-33(45(6,7)8)25-38(40)46(9,10)37-16-15-19-50-43(37)52;/h15-25H,1-14H3;/q-2;+2/t48-,49+,55?;/m1./s1. The van der Waals surface area contributed by atoms with Crippen LogP contribution in [-0.2, 0) is 58.4 Å². The number of ether oxygens (including phenoxy) is 1. The first-order valence-corrected chi connectivity index (χ1v) is 20.6. The van der Waals surface area contributed by atoms with E-state index in [0.717, 1.165) is 45.0 Å². The molecule has 8 rings (SSSR count). The molecule has 4 aromatic carbocycles. The van der Waals surface area contributed by atoms with Gasteiger partial charge in [-0.1, -0.05) is 121 Å². The predicted octanol–water partition coefficient (Wildman–Crippen LogP) is 11.5. The maximum atomic E-state index is 14.9. The molecular formula is C49H53N3O2PtS. The maximum absolute atomic E-state index is 14.9. The largest absolute Gasteiger partial charge is 2.00 e. The third-order valence-corrected chi connectivity index (χ3v) is 14.5. The van der Waals surface area contributed by atoms with Gasteiger partial charge < -0.3 is 9.64 Å². The summed E-state index contributed by atoms with van der Waals surface area (Å²) in [6, 6.07) is 28.9. The monoisotopic (exact) mass is 942 g/mol. The van der Waals surface area contributed by atoms with Crippen LogP contribution in [0, 0.1) is 46.8 Å². The molecule has 0 fully saturated rings. The summed E-state index contributed by atoms with van der Waals surface area (Å²) in [5.74, 6) is 1.42. The molecular weight excluding hydrogens is 890 g/mol. The summed E-state index contributed by atoms with van der Waals surface area (Å²) in [6.45, 7) is 30.7. The number of hydrogen-bond donors (Lipinski definition) is 0. The number of benzene rings is 4. The molecule has 1 unspecified atom stereocenters. The zero-order chi connectivity index (χ0) is 39.8. The molecule has 3 atom stereocenters. The van der Waals surface area contributed by atoms with Gasteiger partial charge in [0.2, 0.25) is 0 Å². The van der Waals surface area contributed by atoms with Crippen LogP contribution in [0.25, 0.3) is 0 Å². The fourth-order valence-electron chi connectivity index (χ4n) is 9.65. The molecule has 3 aliphatic rings. The van der Waals surface area contributed by atoms with Gasteiger partial charge in [-0.15, -0.1) is 35.4 Å². The van der Waals surface area contributed by atoms with Crippen LogP contribution in [0.1, 0.15) is 124 Å². The van der Waals surface area contributed by atoms with Gasteiger partial charge in [0.1, 0.15) is 22.9 Å². The van der Waals surface area contributed by atoms with Crippen molar-refractivity contribution in [3.8, 4) is 0 Å². The maximum Gasteiger partial charge on any atom is 2.00 e. The fourth-order valence-corrected chi connectivity index (χ4v) is 10.9. The third kappa shape index (κ3) is 5.67. The minimum absolute atomic E-state index is 0. The van der Waals surface area contributed by atoms with Crippen molar-refractivity contribution in [2.24, 2.45) is 4.99 Å². The Kier molecular flexibility index (Phi) is 9.42. The van der Waals surface area contributed by atoms with Crippen LogP contribution in [0.5, 0.6) is 0 Å². The van der Waals surface area contributed by atoms with Crippen molar-refractivity contribution in [3.05, 3.63) is 140 Å². The summed E-state index contributed by atoms with van der Waals surface area (Å²) in [6.07, 6.45) is 1.85. The first-order chi connectivity index (χ1) is 25.6. The number of pyridine rings is 1. The van der Waals surface area contributed by atoms with Crippen molar-refractivity contribution in [2.75, 3.05) is 4.90 Å². The van der Waals surface area contributed by atoms with Crippen molar-refractivity contribution < 1.29 is 30.0 Å². The molecule has 0 radical (unpaired) electrons. The zero-order valence-electron chi connectivity index (χ0n) is 35.2. The Labute approximate surface area is 351 Å². The molecule has 0 spiro atoms. The summed E-state index contributed by atoms with van der Waals surface area (Å²) in [5.41, 5.74) is 12.3. The molecule has 3 heterocycles. The minimum Gasteiger partial charge on any atom is -0.510 e. The smallest absolute Gasteiger partial charge is 0.510 e. The van der Waals surface area contributed by atoms with Crippen molar-refractivity contribution in [3.63, 3.8) is 0 Å². The van der Waals surface area contributed by atoms with E-state index in [9.17, 15) is 4.21 Å². The first-order valence-electron chi connectivity index (χ1n) is 19.4. The molecule has 1 aromatic heterocycles. The summed E-state index contributed by atoms with van der Waals surface area (Å²) in [5, 5.41) is 0. The van der Waals surface area contributed by atoms with Crippen molar-refractivity contribution in [1.29, 1.82) is 0 Å². The van der Waals surface area contributed by atoms with Gasteiger partial charge in [0.05, 0.1) is 0 Å². The van der Waals surface area contributed by atoms with Crippen LogP contribution in [0.15, 0.2) is 81.6 Å². The first kappa shape index (κ1) is 40.3. The molecule has 5 aromatic rings. The molecule has 5 nitrogen and oxygen atoms in total. The number of hydrogen-bond acceptors (Lipinski definition) is 5. The summed E-state index contributed by atoms with van der Waals surface area (Å²) in [7, 11) is -1.60. The summed E-state index contributed by atoms with van der Waals surface area (Å²) < 4.78 is 21.9. The Hall–Kier alpha value is -3.86. The Morgan fingerprint density at radius 3 is 2.16 bits per heavy atom. The van der Waals surface area contributed by atoms with Gasteiger partial charge in [0.25, 0.3) is 0 Å². The van der Waals surface area contributed by atoms with Crippen molar-refractivity contribution in [1.82, 2.24) is 4.98 Å². The van der Waals surface area contributed by atoms with Crippen LogP contribution in [-0.4, -0.2) is 20.7 Å². The Balaban J connectivity index is 0.00000480. The number of anilines is 3. The van der Waals surface area contributed by atoms with E-state index < -0.39 is 21.9 Å².